The Hall–Kier alpha value is -1.78. The van der Waals surface area contributed by atoms with E-state index in [0.29, 0.717) is 38.2 Å². The molecule has 0 bridgehead atoms. The first-order chi connectivity index (χ1) is 9.14. The summed E-state index contributed by atoms with van der Waals surface area (Å²) >= 11 is 0. The third-order valence-electron chi connectivity index (χ3n) is 3.65. The monoisotopic (exact) mass is 264 g/mol. The fraction of sp³-hybridized carbons (Fsp3) is 0.571. The van der Waals surface area contributed by atoms with Gasteiger partial charge in [-0.05, 0) is 38.8 Å². The van der Waals surface area contributed by atoms with Crippen LogP contribution in [0.2, 0.25) is 0 Å². The van der Waals surface area contributed by atoms with E-state index in [1.807, 2.05) is 13.8 Å². The summed E-state index contributed by atoms with van der Waals surface area (Å²) in [6.07, 6.45) is 2.86. The molecular weight excluding hydrogens is 244 g/mol. The molecular formula is C14H20N2O3. The van der Waals surface area contributed by atoms with E-state index in [0.717, 1.165) is 0 Å². The van der Waals surface area contributed by atoms with Crippen molar-refractivity contribution in [2.75, 3.05) is 13.1 Å². The van der Waals surface area contributed by atoms with Gasteiger partial charge < -0.3 is 14.6 Å². The molecule has 1 aliphatic rings. The molecule has 2 rings (SSSR count). The van der Waals surface area contributed by atoms with Crippen molar-refractivity contribution in [2.45, 2.75) is 33.2 Å². The Balaban J connectivity index is 1.96. The number of amides is 2. The minimum Gasteiger partial charge on any atom is -0.467 e. The molecule has 104 valence electrons. The van der Waals surface area contributed by atoms with Gasteiger partial charge in [-0.25, -0.2) is 0 Å². The summed E-state index contributed by atoms with van der Waals surface area (Å²) in [5.74, 6) is 0.467. The van der Waals surface area contributed by atoms with Gasteiger partial charge in [0.1, 0.15) is 11.2 Å². The molecule has 0 aromatic carbocycles. The largest absolute Gasteiger partial charge is 0.467 e. The van der Waals surface area contributed by atoms with Gasteiger partial charge in [-0.15, -0.1) is 0 Å². The molecule has 1 aromatic heterocycles. The summed E-state index contributed by atoms with van der Waals surface area (Å²) in [6.45, 7) is 5.47. The zero-order valence-corrected chi connectivity index (χ0v) is 11.4. The first kappa shape index (κ1) is 13.6. The Morgan fingerprint density at radius 2 is 2.05 bits per heavy atom. The van der Waals surface area contributed by atoms with Crippen LogP contribution in [0.1, 0.15) is 32.4 Å². The second kappa shape index (κ2) is 5.47. The highest BCUT2D eigenvalue weighted by molar-refractivity contribution is 6.07. The topological polar surface area (TPSA) is 62.6 Å². The number of carbonyl (C=O) groups is 2. The zero-order chi connectivity index (χ0) is 13.9. The summed E-state index contributed by atoms with van der Waals surface area (Å²) in [4.78, 5) is 26.3. The van der Waals surface area contributed by atoms with Crippen molar-refractivity contribution in [3.8, 4) is 0 Å². The van der Waals surface area contributed by atoms with Crippen molar-refractivity contribution in [1.29, 1.82) is 0 Å². The van der Waals surface area contributed by atoms with E-state index in [2.05, 4.69) is 5.32 Å². The third kappa shape index (κ3) is 2.64. The van der Waals surface area contributed by atoms with E-state index >= 15 is 0 Å². The van der Waals surface area contributed by atoms with Crippen LogP contribution < -0.4 is 5.32 Å². The highest BCUT2D eigenvalue weighted by atomic mass is 16.3. The maximum atomic E-state index is 12.3. The number of hydrogen-bond donors (Lipinski definition) is 1. The predicted molar refractivity (Wildman–Crippen MR) is 70.1 cm³/mol. The zero-order valence-electron chi connectivity index (χ0n) is 11.4. The predicted octanol–water partition coefficient (Wildman–Crippen LogP) is 1.54. The molecule has 19 heavy (non-hydrogen) atoms. The van der Waals surface area contributed by atoms with Gasteiger partial charge in [-0.2, -0.15) is 0 Å². The fourth-order valence-corrected chi connectivity index (χ4v) is 2.23. The van der Waals surface area contributed by atoms with Crippen LogP contribution in [-0.4, -0.2) is 29.8 Å². The number of rotatable bonds is 6. The lowest BCUT2D eigenvalue weighted by atomic mass is 10.0. The third-order valence-corrected chi connectivity index (χ3v) is 3.65. The second-order valence-electron chi connectivity index (χ2n) is 4.82. The molecule has 1 aliphatic carbocycles. The van der Waals surface area contributed by atoms with Gasteiger partial charge in [0.05, 0.1) is 12.8 Å². The van der Waals surface area contributed by atoms with E-state index in [-0.39, 0.29) is 11.8 Å². The molecule has 0 atom stereocenters. The molecule has 0 radical (unpaired) electrons. The van der Waals surface area contributed by atoms with Crippen LogP contribution in [0.5, 0.6) is 0 Å². The average Bonchev–Trinajstić information content (AvgIpc) is 3.07. The Labute approximate surface area is 113 Å². The average molecular weight is 264 g/mol. The van der Waals surface area contributed by atoms with Crippen LogP contribution in [0.3, 0.4) is 0 Å². The summed E-state index contributed by atoms with van der Waals surface area (Å²) < 4.78 is 5.16. The Kier molecular flexibility index (Phi) is 3.93. The lowest BCUT2D eigenvalue weighted by molar-refractivity contribution is -0.144. The van der Waals surface area contributed by atoms with Crippen molar-refractivity contribution in [3.05, 3.63) is 24.2 Å². The lowest BCUT2D eigenvalue weighted by Crippen LogP contribution is -2.45. The molecule has 1 heterocycles. The van der Waals surface area contributed by atoms with Crippen molar-refractivity contribution in [1.82, 2.24) is 10.2 Å². The number of nitrogens with one attached hydrogen (secondary N) is 1. The van der Waals surface area contributed by atoms with Gasteiger partial charge in [0.15, 0.2) is 0 Å². The maximum Gasteiger partial charge on any atom is 0.238 e. The van der Waals surface area contributed by atoms with E-state index in [1.165, 1.54) is 0 Å². The SMILES string of the molecule is CCN(CC)C(=O)C1(C(=O)NCc2ccco2)CC1. The van der Waals surface area contributed by atoms with Crippen LogP contribution >= 0.6 is 0 Å². The molecule has 1 N–H and O–H groups in total. The number of hydrogen-bond acceptors (Lipinski definition) is 3. The van der Waals surface area contributed by atoms with Crippen molar-refractivity contribution < 1.29 is 14.0 Å². The minimum atomic E-state index is -0.821. The van der Waals surface area contributed by atoms with Crippen LogP contribution in [0, 0.1) is 5.41 Å². The fourth-order valence-electron chi connectivity index (χ4n) is 2.23. The van der Waals surface area contributed by atoms with E-state index in [4.69, 9.17) is 4.42 Å². The number of furan rings is 1. The van der Waals surface area contributed by atoms with Gasteiger partial charge in [-0.1, -0.05) is 0 Å². The molecule has 5 heteroatoms. The van der Waals surface area contributed by atoms with E-state index in [9.17, 15) is 9.59 Å². The van der Waals surface area contributed by atoms with Gasteiger partial charge in [-0.3, -0.25) is 9.59 Å². The Bertz CT molecular complexity index is 445. The molecule has 1 saturated carbocycles. The smallest absolute Gasteiger partial charge is 0.238 e. The minimum absolute atomic E-state index is 0.0468. The molecule has 0 aliphatic heterocycles. The first-order valence-electron chi connectivity index (χ1n) is 6.74. The van der Waals surface area contributed by atoms with Crippen molar-refractivity contribution in [2.24, 2.45) is 5.41 Å². The van der Waals surface area contributed by atoms with E-state index < -0.39 is 5.41 Å². The molecule has 0 unspecified atom stereocenters. The summed E-state index contributed by atoms with van der Waals surface area (Å²) in [5, 5.41) is 2.79. The van der Waals surface area contributed by atoms with Crippen LogP contribution in [0.4, 0.5) is 0 Å². The highest BCUT2D eigenvalue weighted by Crippen LogP contribution is 2.47. The quantitative estimate of drug-likeness (QED) is 0.793. The lowest BCUT2D eigenvalue weighted by Gasteiger charge is -2.24. The van der Waals surface area contributed by atoms with Crippen LogP contribution in [0.25, 0.3) is 0 Å². The van der Waals surface area contributed by atoms with Gasteiger partial charge >= 0.3 is 0 Å². The number of carbonyl (C=O) groups excluding carboxylic acids is 2. The molecule has 1 fully saturated rings. The molecule has 0 spiro atoms. The maximum absolute atomic E-state index is 12.3. The van der Waals surface area contributed by atoms with Crippen LogP contribution in [0.15, 0.2) is 22.8 Å². The Morgan fingerprint density at radius 3 is 2.53 bits per heavy atom. The molecule has 0 saturated heterocycles. The Morgan fingerprint density at radius 1 is 1.37 bits per heavy atom. The van der Waals surface area contributed by atoms with Crippen molar-refractivity contribution in [3.63, 3.8) is 0 Å². The summed E-state index contributed by atoms with van der Waals surface area (Å²) in [6, 6.07) is 3.57. The highest BCUT2D eigenvalue weighted by Gasteiger charge is 2.57. The van der Waals surface area contributed by atoms with Gasteiger partial charge in [0.2, 0.25) is 11.8 Å². The molecule has 5 nitrogen and oxygen atoms in total. The normalized spacial score (nSPS) is 15.9. The number of nitrogens with zero attached hydrogens (tertiary/aromatic N) is 1. The van der Waals surface area contributed by atoms with Gasteiger partial charge in [0, 0.05) is 13.1 Å². The summed E-state index contributed by atoms with van der Waals surface area (Å²) in [5.41, 5.74) is -0.821. The first-order valence-corrected chi connectivity index (χ1v) is 6.74. The van der Waals surface area contributed by atoms with Crippen molar-refractivity contribution >= 4 is 11.8 Å². The second-order valence-corrected chi connectivity index (χ2v) is 4.82. The molecule has 2 amide bonds. The van der Waals surface area contributed by atoms with E-state index in [1.54, 1.807) is 23.3 Å². The standard InChI is InChI=1S/C14H20N2O3/c1-3-16(4-2)13(18)14(7-8-14)12(17)15-10-11-6-5-9-19-11/h5-6,9H,3-4,7-8,10H2,1-2H3,(H,15,17). The van der Waals surface area contributed by atoms with Gasteiger partial charge in [0.25, 0.3) is 0 Å². The molecule has 1 aromatic rings. The van der Waals surface area contributed by atoms with Crippen LogP contribution in [-0.2, 0) is 16.1 Å². The summed E-state index contributed by atoms with van der Waals surface area (Å²) in [7, 11) is 0.